The van der Waals surface area contributed by atoms with Gasteiger partial charge in [-0.15, -0.1) is 22.7 Å². The van der Waals surface area contributed by atoms with Gasteiger partial charge in [-0.3, -0.25) is 0 Å². The van der Waals surface area contributed by atoms with E-state index in [9.17, 15) is 0 Å². The Hall–Kier alpha value is -6.98. The van der Waals surface area contributed by atoms with Gasteiger partial charge in [0.05, 0.1) is 11.0 Å². The molecule has 4 heteroatoms. The monoisotopic (exact) mass is 774 g/mol. The van der Waals surface area contributed by atoms with E-state index >= 15 is 0 Å². The van der Waals surface area contributed by atoms with Crippen LogP contribution in [-0.2, 0) is 0 Å². The maximum atomic E-state index is 2.42. The van der Waals surface area contributed by atoms with Crippen molar-refractivity contribution in [2.45, 2.75) is 0 Å². The highest BCUT2D eigenvalue weighted by Gasteiger charge is 2.19. The molecule has 0 unspecified atom stereocenters. The van der Waals surface area contributed by atoms with Gasteiger partial charge >= 0.3 is 0 Å². The van der Waals surface area contributed by atoms with E-state index in [0.717, 1.165) is 22.7 Å². The Morgan fingerprint density at radius 2 is 0.931 bits per heavy atom. The molecule has 0 bridgehead atoms. The Bertz CT molecular complexity index is 3520. The third kappa shape index (κ3) is 5.30. The van der Waals surface area contributed by atoms with Crippen molar-refractivity contribution in [3.05, 3.63) is 206 Å². The van der Waals surface area contributed by atoms with Crippen LogP contribution in [-0.4, -0.2) is 4.57 Å². The van der Waals surface area contributed by atoms with Crippen molar-refractivity contribution in [3.8, 4) is 27.9 Å². The van der Waals surface area contributed by atoms with E-state index in [1.54, 1.807) is 0 Å². The van der Waals surface area contributed by atoms with Crippen LogP contribution < -0.4 is 4.90 Å². The Labute approximate surface area is 343 Å². The fraction of sp³-hybridized carbons (Fsp3) is 0. The minimum absolute atomic E-state index is 1.10. The summed E-state index contributed by atoms with van der Waals surface area (Å²) in [6.45, 7) is 0. The summed E-state index contributed by atoms with van der Waals surface area (Å²) in [4.78, 5) is 2.42. The SMILES string of the molecule is c1ccc(-n2c3ccccc3c3ccc(N(c4ccc(-c5ccc6c(c5)sc5ccccc56)cc4)c4cccc(-c5cccc6c5sc5ccccc56)c4)cc32)cc1. The van der Waals surface area contributed by atoms with Crippen LogP contribution in [0, 0.1) is 0 Å². The van der Waals surface area contributed by atoms with Gasteiger partial charge in [0.25, 0.3) is 0 Å². The summed E-state index contributed by atoms with van der Waals surface area (Å²) in [6, 6.07) is 75.7. The first-order valence-corrected chi connectivity index (χ1v) is 21.3. The molecule has 0 radical (unpaired) electrons. The zero-order chi connectivity index (χ0) is 38.2. The lowest BCUT2D eigenvalue weighted by molar-refractivity contribution is 1.18. The molecule has 9 aromatic carbocycles. The largest absolute Gasteiger partial charge is 0.310 e. The van der Waals surface area contributed by atoms with Gasteiger partial charge in [-0.25, -0.2) is 0 Å². The summed E-state index contributed by atoms with van der Waals surface area (Å²) in [5.74, 6) is 0. The summed E-state index contributed by atoms with van der Waals surface area (Å²) < 4.78 is 7.68. The number of thiophene rings is 2. The van der Waals surface area contributed by atoms with Crippen LogP contribution in [0.3, 0.4) is 0 Å². The predicted molar refractivity (Wildman–Crippen MR) is 252 cm³/mol. The molecule has 0 N–H and O–H groups in total. The molecule has 272 valence electrons. The molecule has 3 heterocycles. The van der Waals surface area contributed by atoms with Gasteiger partial charge in [0.1, 0.15) is 0 Å². The standard InChI is InChI=1S/C54H34N2S2/c1-2-13-38(14-3-1)56-49-21-7-4-16-43(49)44-31-29-41(34-50(44)56)55(39-27-24-35(25-28-39)36-26-30-47-45-17-5-8-22-51(45)57-53(47)33-36)40-15-10-12-37(32-40)42-19-11-20-48-46-18-6-9-23-52(46)58-54(42)48/h1-34H. The van der Waals surface area contributed by atoms with Crippen LogP contribution in [0.1, 0.15) is 0 Å². The smallest absolute Gasteiger partial charge is 0.0561 e. The number of fused-ring (bicyclic) bond motifs is 9. The van der Waals surface area contributed by atoms with Crippen molar-refractivity contribution >= 4 is 102 Å². The van der Waals surface area contributed by atoms with E-state index in [4.69, 9.17) is 0 Å². The average Bonchev–Trinajstić information content (AvgIpc) is 3.96. The molecule has 0 aliphatic rings. The van der Waals surface area contributed by atoms with Crippen molar-refractivity contribution in [2.75, 3.05) is 4.90 Å². The number of nitrogens with zero attached hydrogens (tertiary/aromatic N) is 2. The molecular weight excluding hydrogens is 741 g/mol. The van der Waals surface area contributed by atoms with Gasteiger partial charge in [-0.2, -0.15) is 0 Å². The Kier molecular flexibility index (Phi) is 7.62. The molecule has 0 aliphatic carbocycles. The van der Waals surface area contributed by atoms with Crippen molar-refractivity contribution in [1.82, 2.24) is 4.57 Å². The van der Waals surface area contributed by atoms with Gasteiger partial charge in [0, 0.05) is 73.9 Å². The molecule has 0 spiro atoms. The van der Waals surface area contributed by atoms with E-state index in [-0.39, 0.29) is 0 Å². The normalized spacial score (nSPS) is 11.8. The van der Waals surface area contributed by atoms with Crippen LogP contribution in [0.25, 0.3) is 90.1 Å². The predicted octanol–water partition coefficient (Wildman–Crippen LogP) is 16.3. The number of benzene rings is 9. The minimum Gasteiger partial charge on any atom is -0.310 e. The van der Waals surface area contributed by atoms with Crippen LogP contribution in [0.5, 0.6) is 0 Å². The second kappa shape index (κ2) is 13.3. The van der Waals surface area contributed by atoms with Gasteiger partial charge in [0.2, 0.25) is 0 Å². The third-order valence-corrected chi connectivity index (χ3v) is 13.9. The lowest BCUT2D eigenvalue weighted by Crippen LogP contribution is -2.10. The molecule has 12 aromatic rings. The number of hydrogen-bond donors (Lipinski definition) is 0. The fourth-order valence-corrected chi connectivity index (χ4v) is 11.3. The molecule has 12 rings (SSSR count). The van der Waals surface area contributed by atoms with Crippen molar-refractivity contribution in [2.24, 2.45) is 0 Å². The van der Waals surface area contributed by atoms with Gasteiger partial charge in [-0.05, 0) is 95.1 Å². The molecule has 0 saturated carbocycles. The first-order valence-electron chi connectivity index (χ1n) is 19.7. The molecule has 0 amide bonds. The molecule has 2 nitrogen and oxygen atoms in total. The number of anilines is 3. The fourth-order valence-electron chi connectivity index (χ4n) is 8.90. The summed E-state index contributed by atoms with van der Waals surface area (Å²) >= 11 is 3.74. The second-order valence-corrected chi connectivity index (χ2v) is 17.0. The third-order valence-electron chi connectivity index (χ3n) is 11.6. The van der Waals surface area contributed by atoms with E-state index in [1.165, 1.54) is 84.4 Å². The van der Waals surface area contributed by atoms with E-state index in [1.807, 2.05) is 22.7 Å². The quantitative estimate of drug-likeness (QED) is 0.163. The van der Waals surface area contributed by atoms with Crippen LogP contribution in [0.2, 0.25) is 0 Å². The number of rotatable bonds is 6. The maximum Gasteiger partial charge on any atom is 0.0561 e. The lowest BCUT2D eigenvalue weighted by Gasteiger charge is -2.26. The number of para-hydroxylation sites is 2. The Balaban J connectivity index is 1.03. The van der Waals surface area contributed by atoms with Gasteiger partial charge in [-0.1, -0.05) is 133 Å². The second-order valence-electron chi connectivity index (χ2n) is 14.9. The molecule has 0 atom stereocenters. The Morgan fingerprint density at radius 1 is 0.328 bits per heavy atom. The zero-order valence-corrected chi connectivity index (χ0v) is 33.0. The maximum absolute atomic E-state index is 2.42. The van der Waals surface area contributed by atoms with Crippen molar-refractivity contribution in [1.29, 1.82) is 0 Å². The van der Waals surface area contributed by atoms with Crippen molar-refractivity contribution in [3.63, 3.8) is 0 Å². The highest BCUT2D eigenvalue weighted by atomic mass is 32.1. The van der Waals surface area contributed by atoms with Crippen molar-refractivity contribution < 1.29 is 0 Å². The highest BCUT2D eigenvalue weighted by molar-refractivity contribution is 7.26. The summed E-state index contributed by atoms with van der Waals surface area (Å²) in [5, 5.41) is 7.76. The molecular formula is C54H34N2S2. The summed E-state index contributed by atoms with van der Waals surface area (Å²) in [5.41, 5.74) is 11.7. The summed E-state index contributed by atoms with van der Waals surface area (Å²) in [6.07, 6.45) is 0. The number of aromatic nitrogens is 1. The molecule has 0 fully saturated rings. The summed E-state index contributed by atoms with van der Waals surface area (Å²) in [7, 11) is 0. The molecule has 0 saturated heterocycles. The first-order chi connectivity index (χ1) is 28.7. The van der Waals surface area contributed by atoms with Crippen LogP contribution in [0.4, 0.5) is 17.1 Å². The number of hydrogen-bond acceptors (Lipinski definition) is 3. The molecule has 0 aliphatic heterocycles. The molecule has 58 heavy (non-hydrogen) atoms. The average molecular weight is 775 g/mol. The Morgan fingerprint density at radius 3 is 1.78 bits per heavy atom. The van der Waals surface area contributed by atoms with E-state index in [2.05, 4.69) is 216 Å². The van der Waals surface area contributed by atoms with E-state index in [0.29, 0.717) is 0 Å². The van der Waals surface area contributed by atoms with Gasteiger partial charge < -0.3 is 9.47 Å². The minimum atomic E-state index is 1.10. The van der Waals surface area contributed by atoms with Crippen LogP contribution in [0.15, 0.2) is 206 Å². The topological polar surface area (TPSA) is 8.17 Å². The molecule has 3 aromatic heterocycles. The zero-order valence-electron chi connectivity index (χ0n) is 31.3. The first kappa shape index (κ1) is 33.2. The highest BCUT2D eigenvalue weighted by Crippen LogP contribution is 2.44. The van der Waals surface area contributed by atoms with Gasteiger partial charge in [0.15, 0.2) is 0 Å². The lowest BCUT2D eigenvalue weighted by atomic mass is 10.0. The van der Waals surface area contributed by atoms with E-state index < -0.39 is 0 Å². The van der Waals surface area contributed by atoms with Crippen LogP contribution >= 0.6 is 22.7 Å².